The van der Waals surface area contributed by atoms with Gasteiger partial charge >= 0.3 is 0 Å². The lowest BCUT2D eigenvalue weighted by atomic mass is 9.97. The van der Waals surface area contributed by atoms with Gasteiger partial charge in [-0.05, 0) is 20.0 Å². The van der Waals surface area contributed by atoms with E-state index in [0.717, 1.165) is 32.7 Å². The van der Waals surface area contributed by atoms with Gasteiger partial charge in [-0.25, -0.2) is 0 Å². The monoisotopic (exact) mass is 212 g/mol. The molecule has 2 aliphatic rings. The molecule has 2 atom stereocenters. The van der Waals surface area contributed by atoms with E-state index in [2.05, 4.69) is 17.3 Å². The highest BCUT2D eigenvalue weighted by Crippen LogP contribution is 2.17. The zero-order valence-electron chi connectivity index (χ0n) is 9.37. The van der Waals surface area contributed by atoms with Gasteiger partial charge in [0.2, 0.25) is 0 Å². The van der Waals surface area contributed by atoms with Crippen molar-refractivity contribution in [2.75, 3.05) is 39.9 Å². The number of ether oxygens (including phenoxy) is 1. The summed E-state index contributed by atoms with van der Waals surface area (Å²) in [5.41, 5.74) is 0. The fourth-order valence-electron chi connectivity index (χ4n) is 2.36. The molecule has 2 heterocycles. The van der Waals surface area contributed by atoms with Gasteiger partial charge in [-0.2, -0.15) is 0 Å². The lowest BCUT2D eigenvalue weighted by Gasteiger charge is -2.24. The molecule has 86 valence electrons. The maximum absolute atomic E-state index is 11.9. The average Bonchev–Trinajstić information content (AvgIpc) is 2.66. The maximum atomic E-state index is 11.9. The van der Waals surface area contributed by atoms with Crippen LogP contribution in [0.1, 0.15) is 12.8 Å². The summed E-state index contributed by atoms with van der Waals surface area (Å²) in [4.78, 5) is 14.2. The zero-order chi connectivity index (χ0) is 10.7. The Morgan fingerprint density at radius 1 is 1.60 bits per heavy atom. The predicted molar refractivity (Wildman–Crippen MR) is 57.8 cm³/mol. The number of carbonyl (C=O) groups excluding carboxylic acids is 1. The quantitative estimate of drug-likeness (QED) is 0.708. The van der Waals surface area contributed by atoms with Crippen LogP contribution in [0.5, 0.6) is 0 Å². The molecule has 0 saturated carbocycles. The Labute approximate surface area is 91.0 Å². The number of carbonyl (C=O) groups is 1. The van der Waals surface area contributed by atoms with Gasteiger partial charge in [-0.15, -0.1) is 0 Å². The van der Waals surface area contributed by atoms with Crippen molar-refractivity contribution in [3.8, 4) is 0 Å². The molecule has 2 fully saturated rings. The Balaban J connectivity index is 1.76. The summed E-state index contributed by atoms with van der Waals surface area (Å²) >= 11 is 0. The largest absolute Gasteiger partial charge is 0.379 e. The van der Waals surface area contributed by atoms with Crippen molar-refractivity contribution < 1.29 is 9.53 Å². The maximum Gasteiger partial charge on any atom is 0.138 e. The first kappa shape index (κ1) is 11.0. The van der Waals surface area contributed by atoms with Crippen molar-refractivity contribution in [2.45, 2.75) is 18.9 Å². The molecule has 0 aliphatic carbocycles. The second-order valence-electron chi connectivity index (χ2n) is 4.64. The third-order valence-corrected chi connectivity index (χ3v) is 3.29. The second kappa shape index (κ2) is 5.05. The highest BCUT2D eigenvalue weighted by Gasteiger charge is 2.28. The minimum Gasteiger partial charge on any atom is -0.379 e. The number of Topliss-reactive ketones (excluding diaryl/α,β-unsaturated/α-hetero) is 1. The van der Waals surface area contributed by atoms with E-state index in [-0.39, 0.29) is 12.0 Å². The van der Waals surface area contributed by atoms with E-state index in [9.17, 15) is 4.79 Å². The molecule has 4 nitrogen and oxygen atoms in total. The summed E-state index contributed by atoms with van der Waals surface area (Å²) in [6, 6.07) is 0.247. The van der Waals surface area contributed by atoms with Gasteiger partial charge in [0.05, 0.1) is 13.2 Å². The number of rotatable bonds is 3. The molecule has 0 amide bonds. The number of morpholine rings is 1. The van der Waals surface area contributed by atoms with Crippen molar-refractivity contribution in [1.29, 1.82) is 0 Å². The second-order valence-corrected chi connectivity index (χ2v) is 4.64. The molecule has 0 radical (unpaired) electrons. The first-order valence-electron chi connectivity index (χ1n) is 5.78. The smallest absolute Gasteiger partial charge is 0.138 e. The third kappa shape index (κ3) is 3.00. The molecule has 0 aromatic heterocycles. The van der Waals surface area contributed by atoms with E-state index in [1.54, 1.807) is 0 Å². The molecule has 2 saturated heterocycles. The first-order chi connectivity index (χ1) is 7.25. The van der Waals surface area contributed by atoms with Gasteiger partial charge in [0.25, 0.3) is 0 Å². The van der Waals surface area contributed by atoms with E-state index in [1.165, 1.54) is 0 Å². The van der Waals surface area contributed by atoms with Crippen LogP contribution in [0.4, 0.5) is 0 Å². The number of ketones is 1. The van der Waals surface area contributed by atoms with E-state index in [4.69, 9.17) is 4.74 Å². The standard InChI is InChI=1S/C11H20N2O2/c1-13-4-2-9(7-13)11(14)6-10-8-15-5-3-12-10/h9-10,12H,2-8H2,1H3. The fourth-order valence-corrected chi connectivity index (χ4v) is 2.36. The predicted octanol–water partition coefficient (Wildman–Crippen LogP) is -0.114. The van der Waals surface area contributed by atoms with Crippen LogP contribution in [0.15, 0.2) is 0 Å². The molecular formula is C11H20N2O2. The van der Waals surface area contributed by atoms with Crippen molar-refractivity contribution in [1.82, 2.24) is 10.2 Å². The van der Waals surface area contributed by atoms with E-state index >= 15 is 0 Å². The van der Waals surface area contributed by atoms with Gasteiger partial charge < -0.3 is 15.0 Å². The van der Waals surface area contributed by atoms with Crippen LogP contribution in [-0.2, 0) is 9.53 Å². The molecule has 0 aromatic carbocycles. The van der Waals surface area contributed by atoms with Crippen LogP contribution in [0.2, 0.25) is 0 Å². The van der Waals surface area contributed by atoms with Gasteiger partial charge in [0.1, 0.15) is 5.78 Å². The van der Waals surface area contributed by atoms with Crippen molar-refractivity contribution in [2.24, 2.45) is 5.92 Å². The molecule has 4 heteroatoms. The Morgan fingerprint density at radius 3 is 3.07 bits per heavy atom. The van der Waals surface area contributed by atoms with Crippen molar-refractivity contribution >= 4 is 5.78 Å². The lowest BCUT2D eigenvalue weighted by molar-refractivity contribution is -0.123. The molecule has 0 spiro atoms. The summed E-state index contributed by atoms with van der Waals surface area (Å²) in [5.74, 6) is 0.668. The lowest BCUT2D eigenvalue weighted by Crippen LogP contribution is -2.43. The van der Waals surface area contributed by atoms with Gasteiger partial charge in [0, 0.05) is 31.5 Å². The van der Waals surface area contributed by atoms with E-state index in [1.807, 2.05) is 0 Å². The van der Waals surface area contributed by atoms with Crippen LogP contribution in [0.25, 0.3) is 0 Å². The van der Waals surface area contributed by atoms with E-state index in [0.29, 0.717) is 18.8 Å². The summed E-state index contributed by atoms with van der Waals surface area (Å²) in [6.07, 6.45) is 1.67. The highest BCUT2D eigenvalue weighted by molar-refractivity contribution is 5.82. The number of likely N-dealkylation sites (tertiary alicyclic amines) is 1. The Hall–Kier alpha value is -0.450. The number of nitrogens with one attached hydrogen (secondary N) is 1. The molecule has 0 bridgehead atoms. The van der Waals surface area contributed by atoms with Gasteiger partial charge in [0.15, 0.2) is 0 Å². The SMILES string of the molecule is CN1CCC(C(=O)CC2COCCN2)C1. The van der Waals surface area contributed by atoms with Crippen molar-refractivity contribution in [3.05, 3.63) is 0 Å². The summed E-state index contributed by atoms with van der Waals surface area (Å²) in [7, 11) is 2.08. The van der Waals surface area contributed by atoms with Crippen LogP contribution < -0.4 is 5.32 Å². The third-order valence-electron chi connectivity index (χ3n) is 3.29. The Morgan fingerprint density at radius 2 is 2.47 bits per heavy atom. The topological polar surface area (TPSA) is 41.6 Å². The molecule has 15 heavy (non-hydrogen) atoms. The zero-order valence-corrected chi connectivity index (χ0v) is 9.37. The molecule has 2 rings (SSSR count). The van der Waals surface area contributed by atoms with E-state index < -0.39 is 0 Å². The molecule has 0 aromatic rings. The molecule has 2 aliphatic heterocycles. The summed E-state index contributed by atoms with van der Waals surface area (Å²) in [5, 5.41) is 3.33. The summed E-state index contributed by atoms with van der Waals surface area (Å²) in [6.45, 7) is 4.34. The van der Waals surface area contributed by atoms with Crippen LogP contribution >= 0.6 is 0 Å². The van der Waals surface area contributed by atoms with Crippen molar-refractivity contribution in [3.63, 3.8) is 0 Å². The number of nitrogens with zero attached hydrogens (tertiary/aromatic N) is 1. The first-order valence-corrected chi connectivity index (χ1v) is 5.78. The van der Waals surface area contributed by atoms with Crippen LogP contribution in [0, 0.1) is 5.92 Å². The molecular weight excluding hydrogens is 192 g/mol. The van der Waals surface area contributed by atoms with Gasteiger partial charge in [-0.3, -0.25) is 4.79 Å². The minimum absolute atomic E-state index is 0.247. The molecule has 2 unspecified atom stereocenters. The van der Waals surface area contributed by atoms with Crippen LogP contribution in [-0.4, -0.2) is 56.6 Å². The molecule has 1 N–H and O–H groups in total. The Kier molecular flexibility index (Phi) is 3.72. The fraction of sp³-hybridized carbons (Fsp3) is 0.909. The van der Waals surface area contributed by atoms with Gasteiger partial charge in [-0.1, -0.05) is 0 Å². The normalized spacial score (nSPS) is 33.1. The Bertz CT molecular complexity index is 227. The highest BCUT2D eigenvalue weighted by atomic mass is 16.5. The number of hydrogen-bond donors (Lipinski definition) is 1. The number of hydrogen-bond acceptors (Lipinski definition) is 4. The summed E-state index contributed by atoms with van der Waals surface area (Å²) < 4.78 is 5.34. The minimum atomic E-state index is 0.247. The average molecular weight is 212 g/mol. The van der Waals surface area contributed by atoms with Crippen LogP contribution in [0.3, 0.4) is 0 Å².